The number of hydrogen-bond acceptors (Lipinski definition) is 5. The van der Waals surface area contributed by atoms with E-state index in [0.29, 0.717) is 38.2 Å². The van der Waals surface area contributed by atoms with Crippen molar-refractivity contribution in [1.29, 1.82) is 0 Å². The van der Waals surface area contributed by atoms with Crippen LogP contribution in [0.1, 0.15) is 16.7 Å². The number of benzene rings is 3. The molecular formula is C30H32F3N3O3. The Labute approximate surface area is 226 Å². The van der Waals surface area contributed by atoms with Gasteiger partial charge in [0.2, 0.25) is 5.91 Å². The minimum atomic E-state index is -4.44. The van der Waals surface area contributed by atoms with E-state index >= 15 is 0 Å². The smallest absolute Gasteiger partial charge is 0.416 e. The normalized spacial score (nSPS) is 18.7. The number of carbonyl (C=O) groups excluding carboxylic acids is 1. The number of hydrogen-bond donors (Lipinski definition) is 1. The molecule has 206 valence electrons. The van der Waals surface area contributed by atoms with Crippen molar-refractivity contribution < 1.29 is 27.4 Å². The van der Waals surface area contributed by atoms with E-state index in [1.807, 2.05) is 48.5 Å². The molecule has 1 fully saturated rings. The molecular weight excluding hydrogens is 507 g/mol. The highest BCUT2D eigenvalue weighted by Crippen LogP contribution is 2.40. The third kappa shape index (κ3) is 5.77. The van der Waals surface area contributed by atoms with Crippen LogP contribution in [0.2, 0.25) is 0 Å². The summed E-state index contributed by atoms with van der Waals surface area (Å²) >= 11 is 0. The fourth-order valence-corrected chi connectivity index (χ4v) is 5.58. The average molecular weight is 540 g/mol. The molecule has 2 aliphatic heterocycles. The molecule has 0 radical (unpaired) electrons. The number of nitrogens with one attached hydrogen (secondary N) is 1. The van der Waals surface area contributed by atoms with E-state index < -0.39 is 17.7 Å². The van der Waals surface area contributed by atoms with E-state index in [1.165, 1.54) is 6.07 Å². The molecule has 0 saturated carbocycles. The fourth-order valence-electron chi connectivity index (χ4n) is 5.58. The number of anilines is 2. The third-order valence-electron chi connectivity index (χ3n) is 7.69. The van der Waals surface area contributed by atoms with Gasteiger partial charge in [0.25, 0.3) is 0 Å². The molecule has 39 heavy (non-hydrogen) atoms. The number of carbonyl (C=O) groups is 1. The van der Waals surface area contributed by atoms with Crippen LogP contribution in [0.3, 0.4) is 0 Å². The Balaban J connectivity index is 1.36. The second kappa shape index (κ2) is 11.1. The van der Waals surface area contributed by atoms with Gasteiger partial charge in [-0.15, -0.1) is 0 Å². The molecule has 0 unspecified atom stereocenters. The molecule has 3 aromatic carbocycles. The largest absolute Gasteiger partial charge is 0.497 e. The first-order valence-electron chi connectivity index (χ1n) is 13.0. The number of methoxy groups -OCH3 is 2. The topological polar surface area (TPSA) is 54.0 Å². The maximum Gasteiger partial charge on any atom is 0.416 e. The van der Waals surface area contributed by atoms with Crippen LogP contribution in [0.15, 0.2) is 66.7 Å². The number of halogens is 3. The Bertz CT molecular complexity index is 1300. The number of fused-ring (bicyclic) bond motifs is 3. The zero-order valence-corrected chi connectivity index (χ0v) is 22.0. The standard InChI is InChI=1S/C30H32F3N3O3/c1-38-24-8-3-20(4-9-24)13-14-34-29(37)26-18-21-17-22(30(31,32)33)5-12-27(21)36-16-15-35(19-28(26)36)23-6-10-25(39-2)11-7-23/h3-12,17,26,28H,13-16,18-19H2,1-2H3,(H,34,37)/t26-,28-/m1/s1. The van der Waals surface area contributed by atoms with Crippen molar-refractivity contribution in [3.05, 3.63) is 83.4 Å². The van der Waals surface area contributed by atoms with Gasteiger partial charge in [-0.05, 0) is 78.6 Å². The van der Waals surface area contributed by atoms with E-state index in [0.717, 1.165) is 34.5 Å². The SMILES string of the molecule is COc1ccc(CCNC(=O)[C@@H]2Cc3cc(C(F)(F)F)ccc3N3CCN(c4ccc(OC)cc4)C[C@H]23)cc1. The van der Waals surface area contributed by atoms with Gasteiger partial charge in [-0.1, -0.05) is 12.1 Å². The maximum atomic E-state index is 13.5. The van der Waals surface area contributed by atoms with Crippen LogP contribution >= 0.6 is 0 Å². The molecule has 6 nitrogen and oxygen atoms in total. The molecule has 2 atom stereocenters. The van der Waals surface area contributed by atoms with Crippen molar-refractivity contribution >= 4 is 17.3 Å². The summed E-state index contributed by atoms with van der Waals surface area (Å²) in [6.45, 7) is 2.31. The van der Waals surface area contributed by atoms with Gasteiger partial charge in [-0.2, -0.15) is 13.2 Å². The van der Waals surface area contributed by atoms with Crippen LogP contribution in [0.4, 0.5) is 24.5 Å². The van der Waals surface area contributed by atoms with Crippen LogP contribution in [0, 0.1) is 5.92 Å². The van der Waals surface area contributed by atoms with Gasteiger partial charge in [0.1, 0.15) is 11.5 Å². The highest BCUT2D eigenvalue weighted by Gasteiger charge is 2.42. The summed E-state index contributed by atoms with van der Waals surface area (Å²) < 4.78 is 51.0. The van der Waals surface area contributed by atoms with Crippen molar-refractivity contribution in [3.8, 4) is 11.5 Å². The van der Waals surface area contributed by atoms with Crippen molar-refractivity contribution in [2.45, 2.75) is 25.1 Å². The number of alkyl halides is 3. The molecule has 5 rings (SSSR count). The summed E-state index contributed by atoms with van der Waals surface area (Å²) in [5.41, 5.74) is 2.74. The fraction of sp³-hybridized carbons (Fsp3) is 0.367. The lowest BCUT2D eigenvalue weighted by Gasteiger charge is -2.49. The van der Waals surface area contributed by atoms with E-state index in [4.69, 9.17) is 9.47 Å². The molecule has 1 saturated heterocycles. The second-order valence-electron chi connectivity index (χ2n) is 9.95. The number of ether oxygens (including phenoxy) is 2. The van der Waals surface area contributed by atoms with Gasteiger partial charge in [0, 0.05) is 37.6 Å². The predicted molar refractivity (Wildman–Crippen MR) is 145 cm³/mol. The Morgan fingerprint density at radius 2 is 1.62 bits per heavy atom. The Kier molecular flexibility index (Phi) is 7.59. The molecule has 2 aliphatic rings. The summed E-state index contributed by atoms with van der Waals surface area (Å²) in [5, 5.41) is 3.05. The predicted octanol–water partition coefficient (Wildman–Crippen LogP) is 4.95. The number of piperazine rings is 1. The van der Waals surface area contributed by atoms with E-state index in [-0.39, 0.29) is 18.4 Å². The average Bonchev–Trinajstić information content (AvgIpc) is 2.96. The van der Waals surface area contributed by atoms with Crippen LogP contribution in [-0.2, 0) is 23.8 Å². The van der Waals surface area contributed by atoms with Gasteiger partial charge >= 0.3 is 6.18 Å². The molecule has 0 bridgehead atoms. The van der Waals surface area contributed by atoms with Crippen molar-refractivity contribution in [2.75, 3.05) is 50.2 Å². The van der Waals surface area contributed by atoms with Crippen molar-refractivity contribution in [2.24, 2.45) is 5.92 Å². The Morgan fingerprint density at radius 3 is 2.26 bits per heavy atom. The number of nitrogens with zero attached hydrogens (tertiary/aromatic N) is 2. The van der Waals surface area contributed by atoms with Crippen molar-refractivity contribution in [3.63, 3.8) is 0 Å². The summed E-state index contributed by atoms with van der Waals surface area (Å²) in [4.78, 5) is 17.9. The molecule has 1 N–H and O–H groups in total. The van der Waals surface area contributed by atoms with E-state index in [1.54, 1.807) is 20.3 Å². The van der Waals surface area contributed by atoms with Gasteiger partial charge in [-0.3, -0.25) is 4.79 Å². The summed E-state index contributed by atoms with van der Waals surface area (Å²) in [6, 6.07) is 19.2. The maximum absolute atomic E-state index is 13.5. The lowest BCUT2D eigenvalue weighted by Crippen LogP contribution is -2.61. The van der Waals surface area contributed by atoms with Gasteiger partial charge in [0.15, 0.2) is 0 Å². The van der Waals surface area contributed by atoms with E-state index in [9.17, 15) is 18.0 Å². The highest BCUT2D eigenvalue weighted by molar-refractivity contribution is 5.82. The van der Waals surface area contributed by atoms with Crippen LogP contribution in [0.25, 0.3) is 0 Å². The Morgan fingerprint density at radius 1 is 0.949 bits per heavy atom. The molecule has 2 heterocycles. The van der Waals surface area contributed by atoms with Gasteiger partial charge in [0.05, 0.1) is 31.7 Å². The first-order valence-corrected chi connectivity index (χ1v) is 13.0. The van der Waals surface area contributed by atoms with Crippen LogP contribution < -0.4 is 24.6 Å². The molecule has 9 heteroatoms. The zero-order valence-electron chi connectivity index (χ0n) is 22.0. The first kappa shape index (κ1) is 26.7. The Hall–Kier alpha value is -3.88. The van der Waals surface area contributed by atoms with Gasteiger partial charge in [-0.25, -0.2) is 0 Å². The molecule has 3 aromatic rings. The molecule has 1 amide bonds. The number of rotatable bonds is 7. The molecule has 0 aromatic heterocycles. The minimum absolute atomic E-state index is 0.141. The number of amides is 1. The molecule has 0 spiro atoms. The first-order chi connectivity index (χ1) is 18.8. The van der Waals surface area contributed by atoms with Crippen LogP contribution in [0.5, 0.6) is 11.5 Å². The van der Waals surface area contributed by atoms with Crippen molar-refractivity contribution in [1.82, 2.24) is 5.32 Å². The summed E-state index contributed by atoms with van der Waals surface area (Å²) in [6.07, 6.45) is -3.54. The van der Waals surface area contributed by atoms with E-state index in [2.05, 4.69) is 15.1 Å². The lowest BCUT2D eigenvalue weighted by atomic mass is 9.82. The quantitative estimate of drug-likeness (QED) is 0.461. The second-order valence-corrected chi connectivity index (χ2v) is 9.95. The lowest BCUT2D eigenvalue weighted by molar-refractivity contribution is -0.137. The zero-order chi connectivity index (χ0) is 27.6. The third-order valence-corrected chi connectivity index (χ3v) is 7.69. The minimum Gasteiger partial charge on any atom is -0.497 e. The van der Waals surface area contributed by atoms with Gasteiger partial charge < -0.3 is 24.6 Å². The highest BCUT2D eigenvalue weighted by atomic mass is 19.4. The summed E-state index contributed by atoms with van der Waals surface area (Å²) in [5.74, 6) is 0.898. The monoisotopic (exact) mass is 539 g/mol. The summed E-state index contributed by atoms with van der Waals surface area (Å²) in [7, 11) is 3.23. The molecule has 0 aliphatic carbocycles. The van der Waals surface area contributed by atoms with Crippen LogP contribution in [-0.4, -0.2) is 52.3 Å².